The smallest absolute Gasteiger partial charge is 0.276 e. The number of hydrogen-bond acceptors (Lipinski definition) is 3. The Bertz CT molecular complexity index is 1090. The molecule has 0 atom stereocenters. The van der Waals surface area contributed by atoms with Gasteiger partial charge in [-0.15, -0.1) is 0 Å². The van der Waals surface area contributed by atoms with Crippen molar-refractivity contribution in [3.63, 3.8) is 0 Å². The van der Waals surface area contributed by atoms with Gasteiger partial charge in [-0.2, -0.15) is 13.2 Å². The van der Waals surface area contributed by atoms with Gasteiger partial charge in [0, 0.05) is 17.6 Å². The van der Waals surface area contributed by atoms with Crippen molar-refractivity contribution in [2.24, 2.45) is 0 Å². The Balaban J connectivity index is 2.07. The summed E-state index contributed by atoms with van der Waals surface area (Å²) in [4.78, 5) is 3.62. The van der Waals surface area contributed by atoms with Crippen LogP contribution in [0.1, 0.15) is 5.56 Å². The van der Waals surface area contributed by atoms with Crippen molar-refractivity contribution >= 4 is 26.6 Å². The van der Waals surface area contributed by atoms with Crippen LogP contribution in [0.3, 0.4) is 0 Å². The third-order valence-corrected chi connectivity index (χ3v) is 4.89. The second-order valence-electron chi connectivity index (χ2n) is 5.25. The summed E-state index contributed by atoms with van der Waals surface area (Å²) in [5.74, 6) is -3.36. The fourth-order valence-corrected chi connectivity index (χ4v) is 3.57. The summed E-state index contributed by atoms with van der Waals surface area (Å²) in [5, 5.41) is 0.481. The molecular weight excluding hydrogens is 379 g/mol. The van der Waals surface area contributed by atoms with E-state index >= 15 is 0 Å². The van der Waals surface area contributed by atoms with Crippen LogP contribution >= 0.6 is 0 Å². The number of para-hydroxylation sites is 1. The largest absolute Gasteiger partial charge is 0.419 e. The monoisotopic (exact) mass is 388 g/mol. The lowest BCUT2D eigenvalue weighted by Crippen LogP contribution is -2.16. The van der Waals surface area contributed by atoms with Gasteiger partial charge in [0.25, 0.3) is 10.0 Å². The van der Waals surface area contributed by atoms with Gasteiger partial charge in [-0.3, -0.25) is 9.71 Å². The zero-order chi connectivity index (χ0) is 19.1. The maximum absolute atomic E-state index is 13.9. The minimum Gasteiger partial charge on any atom is -0.276 e. The van der Waals surface area contributed by atoms with Gasteiger partial charge in [-0.1, -0.05) is 18.2 Å². The predicted molar refractivity (Wildman–Crippen MR) is 83.9 cm³/mol. The first-order valence-corrected chi connectivity index (χ1v) is 8.51. The Morgan fingerprint density at radius 2 is 1.65 bits per heavy atom. The molecule has 0 saturated carbocycles. The lowest BCUT2D eigenvalue weighted by molar-refractivity contribution is -0.140. The molecule has 26 heavy (non-hydrogen) atoms. The summed E-state index contributed by atoms with van der Waals surface area (Å²) in [6, 6.07) is 7.43. The highest BCUT2D eigenvalue weighted by Crippen LogP contribution is 2.34. The molecule has 1 aromatic heterocycles. The Kier molecular flexibility index (Phi) is 4.31. The Hall–Kier alpha value is -2.75. The molecule has 0 radical (unpaired) electrons. The first-order valence-electron chi connectivity index (χ1n) is 7.02. The van der Waals surface area contributed by atoms with Gasteiger partial charge in [-0.25, -0.2) is 17.2 Å². The molecule has 1 N–H and O–H groups in total. The molecule has 0 aliphatic carbocycles. The molecule has 0 aliphatic rings. The van der Waals surface area contributed by atoms with Gasteiger partial charge >= 0.3 is 6.18 Å². The zero-order valence-electron chi connectivity index (χ0n) is 12.7. The summed E-state index contributed by atoms with van der Waals surface area (Å²) >= 11 is 0. The minimum absolute atomic E-state index is 0.0790. The molecule has 1 heterocycles. The van der Waals surface area contributed by atoms with Crippen LogP contribution in [0.25, 0.3) is 10.9 Å². The lowest BCUT2D eigenvalue weighted by atomic mass is 10.2. The summed E-state index contributed by atoms with van der Waals surface area (Å²) < 4.78 is 92.0. The molecule has 0 aliphatic heterocycles. The molecule has 0 bridgehead atoms. The number of nitrogens with zero attached hydrogens (tertiary/aromatic N) is 1. The maximum Gasteiger partial charge on any atom is 0.419 e. The van der Waals surface area contributed by atoms with Gasteiger partial charge in [0.05, 0.1) is 16.8 Å². The van der Waals surface area contributed by atoms with E-state index in [1.807, 2.05) is 0 Å². The molecule has 0 saturated heterocycles. The van der Waals surface area contributed by atoms with Crippen molar-refractivity contribution in [2.75, 3.05) is 4.72 Å². The molecule has 136 valence electrons. The highest BCUT2D eigenvalue weighted by Gasteiger charge is 2.35. The summed E-state index contributed by atoms with van der Waals surface area (Å²) in [7, 11) is -4.43. The molecule has 0 fully saturated rings. The second kappa shape index (κ2) is 6.20. The molecule has 10 heteroatoms. The second-order valence-corrected chi connectivity index (χ2v) is 6.90. The number of aromatic nitrogens is 1. The third kappa shape index (κ3) is 3.32. The number of benzene rings is 2. The molecular formula is C16H9F5N2O2S. The van der Waals surface area contributed by atoms with E-state index in [0.29, 0.717) is 5.39 Å². The lowest BCUT2D eigenvalue weighted by Gasteiger charge is -2.13. The summed E-state index contributed by atoms with van der Waals surface area (Å²) in [6.07, 6.45) is -3.76. The minimum atomic E-state index is -5.11. The fourth-order valence-electron chi connectivity index (χ4n) is 2.34. The van der Waals surface area contributed by atoms with E-state index in [-0.39, 0.29) is 22.5 Å². The number of nitrogens with one attached hydrogen (secondary N) is 1. The molecule has 0 spiro atoms. The molecule has 3 aromatic rings. The van der Waals surface area contributed by atoms with Gasteiger partial charge in [0.1, 0.15) is 16.5 Å². The molecule has 0 amide bonds. The van der Waals surface area contributed by atoms with E-state index in [1.165, 1.54) is 18.3 Å². The number of hydrogen-bond donors (Lipinski definition) is 1. The number of pyridine rings is 1. The SMILES string of the molecule is O=S(=O)(Nc1cc(F)c(C(F)(F)F)cc1F)c1cccc2cccnc12. The first kappa shape index (κ1) is 18.1. The van der Waals surface area contributed by atoms with Gasteiger partial charge < -0.3 is 0 Å². The van der Waals surface area contributed by atoms with E-state index < -0.39 is 39.1 Å². The normalized spacial score (nSPS) is 12.3. The van der Waals surface area contributed by atoms with Gasteiger partial charge in [0.15, 0.2) is 0 Å². The van der Waals surface area contributed by atoms with E-state index in [1.54, 1.807) is 22.9 Å². The van der Waals surface area contributed by atoms with Crippen LogP contribution in [0.5, 0.6) is 0 Å². The molecule has 4 nitrogen and oxygen atoms in total. The van der Waals surface area contributed by atoms with E-state index in [9.17, 15) is 30.4 Å². The van der Waals surface area contributed by atoms with Crippen molar-refractivity contribution in [3.05, 3.63) is 65.9 Å². The maximum atomic E-state index is 13.9. The van der Waals surface area contributed by atoms with E-state index in [4.69, 9.17) is 0 Å². The third-order valence-electron chi connectivity index (χ3n) is 3.49. The topological polar surface area (TPSA) is 59.1 Å². The van der Waals surface area contributed by atoms with Crippen molar-refractivity contribution in [1.82, 2.24) is 4.98 Å². The fraction of sp³-hybridized carbons (Fsp3) is 0.0625. The molecule has 2 aromatic carbocycles. The van der Waals surface area contributed by atoms with Crippen LogP contribution in [-0.4, -0.2) is 13.4 Å². The van der Waals surface area contributed by atoms with Crippen molar-refractivity contribution in [2.45, 2.75) is 11.1 Å². The quantitative estimate of drug-likeness (QED) is 0.680. The van der Waals surface area contributed by atoms with Crippen LogP contribution in [-0.2, 0) is 16.2 Å². The summed E-state index contributed by atoms with van der Waals surface area (Å²) in [5.41, 5.74) is -2.69. The van der Waals surface area contributed by atoms with Crippen LogP contribution in [0.4, 0.5) is 27.6 Å². The predicted octanol–water partition coefficient (Wildman–Crippen LogP) is 4.33. The van der Waals surface area contributed by atoms with Crippen LogP contribution in [0, 0.1) is 11.6 Å². The standard InChI is InChI=1S/C16H9F5N2O2S/c17-11-8-13(12(18)7-10(11)16(19,20)21)23-26(24,25)14-5-1-3-9-4-2-6-22-15(9)14/h1-8,23H. The van der Waals surface area contributed by atoms with Crippen LogP contribution < -0.4 is 4.72 Å². The molecule has 3 rings (SSSR count). The van der Waals surface area contributed by atoms with E-state index in [0.717, 1.165) is 0 Å². The van der Waals surface area contributed by atoms with Gasteiger partial charge in [0.2, 0.25) is 0 Å². The summed E-state index contributed by atoms with van der Waals surface area (Å²) in [6.45, 7) is 0. The Morgan fingerprint density at radius 3 is 2.35 bits per heavy atom. The number of rotatable bonds is 3. The van der Waals surface area contributed by atoms with Crippen molar-refractivity contribution < 1.29 is 30.4 Å². The Labute approximate surface area is 144 Å². The highest BCUT2D eigenvalue weighted by atomic mass is 32.2. The van der Waals surface area contributed by atoms with Crippen LogP contribution in [0.2, 0.25) is 0 Å². The number of halogens is 5. The van der Waals surface area contributed by atoms with Crippen molar-refractivity contribution in [1.29, 1.82) is 0 Å². The highest BCUT2D eigenvalue weighted by molar-refractivity contribution is 7.93. The molecule has 0 unspecified atom stereocenters. The zero-order valence-corrected chi connectivity index (χ0v) is 13.5. The van der Waals surface area contributed by atoms with E-state index in [2.05, 4.69) is 4.98 Å². The number of fused-ring (bicyclic) bond motifs is 1. The first-order chi connectivity index (χ1) is 12.1. The number of sulfonamides is 1. The van der Waals surface area contributed by atoms with Gasteiger partial charge in [-0.05, 0) is 18.2 Å². The number of alkyl halides is 3. The average molecular weight is 388 g/mol. The Morgan fingerprint density at radius 1 is 0.962 bits per heavy atom. The van der Waals surface area contributed by atoms with Crippen LogP contribution in [0.15, 0.2) is 53.6 Å². The average Bonchev–Trinajstić information content (AvgIpc) is 2.56. The van der Waals surface area contributed by atoms with Crippen molar-refractivity contribution in [3.8, 4) is 0 Å². The number of anilines is 1.